The number of nitrogens with two attached hydrogens (primary N) is 1. The molecule has 5 heteroatoms. The third-order valence-corrected chi connectivity index (χ3v) is 3.33. The summed E-state index contributed by atoms with van der Waals surface area (Å²) >= 11 is 1.66. The quantitative estimate of drug-likeness (QED) is 0.794. The highest BCUT2D eigenvalue weighted by Crippen LogP contribution is 2.19. The van der Waals surface area contributed by atoms with E-state index in [1.165, 1.54) is 5.56 Å². The standard InChI is InChI=1S/C14H16N2O2S/c15-12-3-1-2-4-13(12)18-9-14(17)16-7-5-11-6-8-19-10-11/h1-4,6,8,10H,5,7,9,15H2,(H,16,17). The molecule has 0 radical (unpaired) electrons. The molecule has 1 aromatic heterocycles. The molecule has 2 aromatic rings. The Morgan fingerprint density at radius 2 is 2.16 bits per heavy atom. The van der Waals surface area contributed by atoms with Gasteiger partial charge in [-0.3, -0.25) is 4.79 Å². The smallest absolute Gasteiger partial charge is 0.257 e. The van der Waals surface area contributed by atoms with Crippen LogP contribution in [0.3, 0.4) is 0 Å². The molecule has 100 valence electrons. The first-order valence-corrected chi connectivity index (χ1v) is 6.95. The van der Waals surface area contributed by atoms with Gasteiger partial charge in [0.15, 0.2) is 6.61 Å². The van der Waals surface area contributed by atoms with Crippen molar-refractivity contribution in [3.8, 4) is 5.75 Å². The Labute approximate surface area is 116 Å². The molecular formula is C14H16N2O2S. The minimum atomic E-state index is -0.140. The summed E-state index contributed by atoms with van der Waals surface area (Å²) in [6, 6.07) is 9.18. The summed E-state index contributed by atoms with van der Waals surface area (Å²) in [5.74, 6) is 0.397. The van der Waals surface area contributed by atoms with E-state index in [2.05, 4.69) is 16.8 Å². The van der Waals surface area contributed by atoms with E-state index in [1.807, 2.05) is 17.5 Å². The highest BCUT2D eigenvalue weighted by molar-refractivity contribution is 7.07. The summed E-state index contributed by atoms with van der Waals surface area (Å²) < 4.78 is 5.35. The predicted octanol–water partition coefficient (Wildman–Crippen LogP) is 2.07. The lowest BCUT2D eigenvalue weighted by Gasteiger charge is -2.08. The van der Waals surface area contributed by atoms with Crippen molar-refractivity contribution in [2.24, 2.45) is 0 Å². The van der Waals surface area contributed by atoms with Crippen LogP contribution in [0, 0.1) is 0 Å². The van der Waals surface area contributed by atoms with E-state index in [4.69, 9.17) is 10.5 Å². The first-order valence-electron chi connectivity index (χ1n) is 6.01. The van der Waals surface area contributed by atoms with Gasteiger partial charge in [-0.15, -0.1) is 0 Å². The molecule has 3 N–H and O–H groups in total. The number of carbonyl (C=O) groups is 1. The Morgan fingerprint density at radius 1 is 1.32 bits per heavy atom. The fourth-order valence-electron chi connectivity index (χ4n) is 1.59. The molecule has 0 aliphatic heterocycles. The molecule has 4 nitrogen and oxygen atoms in total. The maximum atomic E-state index is 11.6. The van der Waals surface area contributed by atoms with Crippen LogP contribution in [-0.2, 0) is 11.2 Å². The van der Waals surface area contributed by atoms with Gasteiger partial charge in [0.1, 0.15) is 5.75 Å². The molecule has 2 rings (SSSR count). The van der Waals surface area contributed by atoms with Crippen LogP contribution in [-0.4, -0.2) is 19.1 Å². The van der Waals surface area contributed by atoms with Crippen molar-refractivity contribution >= 4 is 22.9 Å². The fourth-order valence-corrected chi connectivity index (χ4v) is 2.29. The number of amides is 1. The van der Waals surface area contributed by atoms with Crippen molar-refractivity contribution in [3.05, 3.63) is 46.7 Å². The van der Waals surface area contributed by atoms with Crippen LogP contribution < -0.4 is 15.8 Å². The summed E-state index contributed by atoms with van der Waals surface area (Å²) in [5, 5.41) is 6.91. The van der Waals surface area contributed by atoms with Crippen molar-refractivity contribution < 1.29 is 9.53 Å². The van der Waals surface area contributed by atoms with Gasteiger partial charge >= 0.3 is 0 Å². The molecule has 19 heavy (non-hydrogen) atoms. The van der Waals surface area contributed by atoms with Crippen LogP contribution in [0.5, 0.6) is 5.75 Å². The van der Waals surface area contributed by atoms with Crippen molar-refractivity contribution in [2.45, 2.75) is 6.42 Å². The molecule has 1 amide bonds. The SMILES string of the molecule is Nc1ccccc1OCC(=O)NCCc1ccsc1. The number of thiophene rings is 1. The minimum Gasteiger partial charge on any atom is -0.482 e. The largest absolute Gasteiger partial charge is 0.482 e. The molecule has 1 aromatic carbocycles. The maximum Gasteiger partial charge on any atom is 0.257 e. The second-order valence-corrected chi connectivity index (χ2v) is 4.84. The third kappa shape index (κ3) is 4.30. The molecule has 1 heterocycles. The van der Waals surface area contributed by atoms with Gasteiger partial charge in [-0.05, 0) is 40.9 Å². The van der Waals surface area contributed by atoms with Crippen LogP contribution >= 0.6 is 11.3 Å². The van der Waals surface area contributed by atoms with E-state index < -0.39 is 0 Å². The van der Waals surface area contributed by atoms with Crippen molar-refractivity contribution in [1.29, 1.82) is 0 Å². The Balaban J connectivity index is 1.69. The molecule has 0 fully saturated rings. The Hall–Kier alpha value is -2.01. The number of nitrogen functional groups attached to an aromatic ring is 1. The zero-order chi connectivity index (χ0) is 13.5. The minimum absolute atomic E-state index is 0.0160. The van der Waals surface area contributed by atoms with Gasteiger partial charge in [-0.2, -0.15) is 11.3 Å². The fraction of sp³-hybridized carbons (Fsp3) is 0.214. The van der Waals surface area contributed by atoms with Crippen molar-refractivity contribution in [2.75, 3.05) is 18.9 Å². The van der Waals surface area contributed by atoms with Crippen LogP contribution in [0.2, 0.25) is 0 Å². The van der Waals surface area contributed by atoms with Crippen LogP contribution in [0.15, 0.2) is 41.1 Å². The number of benzene rings is 1. The number of hydrogen-bond acceptors (Lipinski definition) is 4. The van der Waals surface area contributed by atoms with Gasteiger partial charge < -0.3 is 15.8 Å². The van der Waals surface area contributed by atoms with Gasteiger partial charge in [0.05, 0.1) is 5.69 Å². The van der Waals surface area contributed by atoms with Gasteiger partial charge in [0, 0.05) is 6.54 Å². The lowest BCUT2D eigenvalue weighted by atomic mass is 10.2. The number of ether oxygens (including phenoxy) is 1. The number of nitrogens with one attached hydrogen (secondary N) is 1. The molecule has 0 unspecified atom stereocenters. The summed E-state index contributed by atoms with van der Waals surface area (Å²) in [6.45, 7) is 0.598. The highest BCUT2D eigenvalue weighted by atomic mass is 32.1. The summed E-state index contributed by atoms with van der Waals surface area (Å²) in [4.78, 5) is 11.6. The zero-order valence-electron chi connectivity index (χ0n) is 10.5. The molecular weight excluding hydrogens is 260 g/mol. The third-order valence-electron chi connectivity index (χ3n) is 2.59. The molecule has 0 aliphatic rings. The second-order valence-electron chi connectivity index (χ2n) is 4.06. The predicted molar refractivity (Wildman–Crippen MR) is 77.4 cm³/mol. The first-order chi connectivity index (χ1) is 9.25. The number of rotatable bonds is 6. The number of carbonyl (C=O) groups excluding carboxylic acids is 1. The van der Waals surface area contributed by atoms with E-state index in [0.29, 0.717) is 18.0 Å². The van der Waals surface area contributed by atoms with E-state index in [9.17, 15) is 4.79 Å². The lowest BCUT2D eigenvalue weighted by molar-refractivity contribution is -0.123. The van der Waals surface area contributed by atoms with Crippen molar-refractivity contribution in [1.82, 2.24) is 5.32 Å². The molecule has 0 saturated heterocycles. The van der Waals surface area contributed by atoms with Crippen LogP contribution in [0.4, 0.5) is 5.69 Å². The van der Waals surface area contributed by atoms with Gasteiger partial charge in [-0.25, -0.2) is 0 Å². The Kier molecular flexibility index (Phi) is 4.80. The number of para-hydroxylation sites is 2. The zero-order valence-corrected chi connectivity index (χ0v) is 11.3. The topological polar surface area (TPSA) is 64.3 Å². The van der Waals surface area contributed by atoms with E-state index in [-0.39, 0.29) is 12.5 Å². The van der Waals surface area contributed by atoms with E-state index in [1.54, 1.807) is 23.5 Å². The normalized spacial score (nSPS) is 10.1. The average molecular weight is 276 g/mol. The molecule has 0 saturated carbocycles. The highest BCUT2D eigenvalue weighted by Gasteiger charge is 2.04. The monoisotopic (exact) mass is 276 g/mol. The Bertz CT molecular complexity index is 526. The number of hydrogen-bond donors (Lipinski definition) is 2. The van der Waals surface area contributed by atoms with Gasteiger partial charge in [0.25, 0.3) is 5.91 Å². The second kappa shape index (κ2) is 6.80. The first kappa shape index (κ1) is 13.4. The van der Waals surface area contributed by atoms with E-state index in [0.717, 1.165) is 6.42 Å². The molecule has 0 aliphatic carbocycles. The van der Waals surface area contributed by atoms with E-state index >= 15 is 0 Å². The van der Waals surface area contributed by atoms with Gasteiger partial charge in [0.2, 0.25) is 0 Å². The van der Waals surface area contributed by atoms with Gasteiger partial charge in [-0.1, -0.05) is 12.1 Å². The van der Waals surface area contributed by atoms with Crippen LogP contribution in [0.1, 0.15) is 5.56 Å². The molecule has 0 bridgehead atoms. The van der Waals surface area contributed by atoms with Crippen molar-refractivity contribution in [3.63, 3.8) is 0 Å². The average Bonchev–Trinajstić information content (AvgIpc) is 2.91. The summed E-state index contributed by atoms with van der Waals surface area (Å²) in [7, 11) is 0. The lowest BCUT2D eigenvalue weighted by Crippen LogP contribution is -2.30. The summed E-state index contributed by atoms with van der Waals surface area (Å²) in [5.41, 5.74) is 7.49. The molecule has 0 atom stereocenters. The summed E-state index contributed by atoms with van der Waals surface area (Å²) in [6.07, 6.45) is 0.836. The Morgan fingerprint density at radius 3 is 2.89 bits per heavy atom. The maximum absolute atomic E-state index is 11.6. The number of anilines is 1. The molecule has 0 spiro atoms. The van der Waals surface area contributed by atoms with Crippen LogP contribution in [0.25, 0.3) is 0 Å².